The molecule has 0 aliphatic carbocycles. The quantitative estimate of drug-likeness (QED) is 0.814. The fourth-order valence-electron chi connectivity index (χ4n) is 3.63. The maximum Gasteiger partial charge on any atom is 0.317 e. The molecule has 1 saturated heterocycles. The third-order valence-corrected chi connectivity index (χ3v) is 5.31. The number of aryl methyl sites for hydroxylation is 2. The Balaban J connectivity index is 1.93. The monoisotopic (exact) mass is 361 g/mol. The minimum Gasteiger partial charge on any atom is -0.480 e. The normalized spacial score (nSPS) is 19.8. The molecule has 2 N–H and O–H groups in total. The van der Waals surface area contributed by atoms with Crippen LogP contribution in [-0.4, -0.2) is 65.5 Å². The molecule has 2 atom stereocenters. The van der Waals surface area contributed by atoms with Crippen LogP contribution in [0.5, 0.6) is 0 Å². The molecule has 1 fully saturated rings. The first-order chi connectivity index (χ1) is 12.3. The fraction of sp³-hybridized carbons (Fsp3) is 0.600. The van der Waals surface area contributed by atoms with Crippen LogP contribution >= 0.6 is 0 Å². The number of hydrogen-bond acceptors (Lipinski definition) is 4. The van der Waals surface area contributed by atoms with Gasteiger partial charge >= 0.3 is 5.97 Å². The van der Waals surface area contributed by atoms with Crippen molar-refractivity contribution in [2.75, 3.05) is 32.0 Å². The smallest absolute Gasteiger partial charge is 0.317 e. The maximum absolute atomic E-state index is 12.7. The van der Waals surface area contributed by atoms with Gasteiger partial charge < -0.3 is 10.4 Å². The molecule has 2 rings (SSSR count). The lowest BCUT2D eigenvalue weighted by Crippen LogP contribution is -2.43. The number of nitrogens with zero attached hydrogens (tertiary/aromatic N) is 2. The first-order valence-corrected chi connectivity index (χ1v) is 9.32. The molecular formula is C20H31N3O3. The predicted molar refractivity (Wildman–Crippen MR) is 103 cm³/mol. The van der Waals surface area contributed by atoms with Crippen molar-refractivity contribution < 1.29 is 14.7 Å². The number of benzene rings is 1. The second-order valence-electron chi connectivity index (χ2n) is 7.41. The van der Waals surface area contributed by atoms with E-state index in [0.717, 1.165) is 43.6 Å². The van der Waals surface area contributed by atoms with E-state index in [4.69, 9.17) is 5.11 Å². The average molecular weight is 361 g/mol. The molecule has 1 amide bonds. The highest BCUT2D eigenvalue weighted by Crippen LogP contribution is 2.20. The van der Waals surface area contributed by atoms with Crippen LogP contribution in [0.15, 0.2) is 18.2 Å². The zero-order chi connectivity index (χ0) is 19.3. The number of carboxylic acid groups (broad SMARTS) is 1. The fourth-order valence-corrected chi connectivity index (χ4v) is 3.63. The van der Waals surface area contributed by atoms with E-state index in [-0.39, 0.29) is 24.5 Å². The number of anilines is 1. The molecular weight excluding hydrogens is 330 g/mol. The third kappa shape index (κ3) is 5.54. The Morgan fingerprint density at radius 2 is 2.04 bits per heavy atom. The van der Waals surface area contributed by atoms with Crippen molar-refractivity contribution in [3.05, 3.63) is 29.3 Å². The highest BCUT2D eigenvalue weighted by Gasteiger charge is 2.27. The SMILES string of the molecule is Cc1ccc(NC(=O)C(C)N2CCCC(N(C)CC(=O)O)CC2)c(C)c1. The van der Waals surface area contributed by atoms with E-state index in [9.17, 15) is 9.59 Å². The van der Waals surface area contributed by atoms with Crippen LogP contribution in [0.25, 0.3) is 0 Å². The zero-order valence-corrected chi connectivity index (χ0v) is 16.3. The summed E-state index contributed by atoms with van der Waals surface area (Å²) in [7, 11) is 1.87. The second-order valence-corrected chi connectivity index (χ2v) is 7.41. The van der Waals surface area contributed by atoms with Gasteiger partial charge in [-0.2, -0.15) is 0 Å². The van der Waals surface area contributed by atoms with E-state index in [2.05, 4.69) is 16.3 Å². The average Bonchev–Trinajstić information content (AvgIpc) is 2.82. The maximum atomic E-state index is 12.7. The summed E-state index contributed by atoms with van der Waals surface area (Å²) in [6, 6.07) is 6.07. The van der Waals surface area contributed by atoms with Crippen LogP contribution in [0.1, 0.15) is 37.3 Å². The molecule has 1 aliphatic heterocycles. The Bertz CT molecular complexity index is 647. The number of likely N-dealkylation sites (tertiary alicyclic amines) is 1. The van der Waals surface area contributed by atoms with Crippen LogP contribution in [0.4, 0.5) is 5.69 Å². The largest absolute Gasteiger partial charge is 0.480 e. The van der Waals surface area contributed by atoms with Crippen molar-refractivity contribution >= 4 is 17.6 Å². The van der Waals surface area contributed by atoms with Crippen molar-refractivity contribution in [2.24, 2.45) is 0 Å². The van der Waals surface area contributed by atoms with Gasteiger partial charge in [-0.05, 0) is 65.3 Å². The third-order valence-electron chi connectivity index (χ3n) is 5.31. The summed E-state index contributed by atoms with van der Waals surface area (Å²) in [6.45, 7) is 7.71. The summed E-state index contributed by atoms with van der Waals surface area (Å²) in [5, 5.41) is 12.0. The lowest BCUT2D eigenvalue weighted by molar-refractivity contribution is -0.138. The topological polar surface area (TPSA) is 72.9 Å². The van der Waals surface area contributed by atoms with Gasteiger partial charge in [-0.25, -0.2) is 0 Å². The Kier molecular flexibility index (Phi) is 7.17. The predicted octanol–water partition coefficient (Wildman–Crippen LogP) is 2.50. The van der Waals surface area contributed by atoms with Crippen molar-refractivity contribution in [2.45, 2.75) is 52.1 Å². The number of carbonyl (C=O) groups excluding carboxylic acids is 1. The summed E-state index contributed by atoms with van der Waals surface area (Å²) in [6.07, 6.45) is 2.81. The van der Waals surface area contributed by atoms with Gasteiger partial charge in [-0.3, -0.25) is 19.4 Å². The Labute approximate surface area is 156 Å². The first-order valence-electron chi connectivity index (χ1n) is 9.32. The zero-order valence-electron chi connectivity index (χ0n) is 16.3. The van der Waals surface area contributed by atoms with Gasteiger partial charge in [-0.15, -0.1) is 0 Å². The summed E-state index contributed by atoms with van der Waals surface area (Å²) < 4.78 is 0. The molecule has 1 aliphatic rings. The number of carboxylic acids is 1. The van der Waals surface area contributed by atoms with E-state index in [1.807, 2.05) is 44.9 Å². The van der Waals surface area contributed by atoms with Crippen LogP contribution in [0.3, 0.4) is 0 Å². The van der Waals surface area contributed by atoms with E-state index in [1.54, 1.807) is 0 Å². The number of nitrogens with one attached hydrogen (secondary N) is 1. The highest BCUT2D eigenvalue weighted by molar-refractivity contribution is 5.95. The molecule has 6 heteroatoms. The standard InChI is InChI=1S/C20H31N3O3/c1-14-7-8-18(15(2)12-14)21-20(26)16(3)23-10-5-6-17(9-11-23)22(4)13-19(24)25/h7-8,12,16-17H,5-6,9-11,13H2,1-4H3,(H,21,26)(H,24,25). The van der Waals surface area contributed by atoms with Crippen molar-refractivity contribution in [3.63, 3.8) is 0 Å². The Morgan fingerprint density at radius 1 is 1.31 bits per heavy atom. The number of hydrogen-bond donors (Lipinski definition) is 2. The van der Waals surface area contributed by atoms with Gasteiger partial charge in [0, 0.05) is 18.3 Å². The van der Waals surface area contributed by atoms with Crippen molar-refractivity contribution in [1.82, 2.24) is 9.80 Å². The van der Waals surface area contributed by atoms with Crippen LogP contribution in [0, 0.1) is 13.8 Å². The number of carbonyl (C=O) groups is 2. The van der Waals surface area contributed by atoms with E-state index in [0.29, 0.717) is 0 Å². The van der Waals surface area contributed by atoms with E-state index >= 15 is 0 Å². The summed E-state index contributed by atoms with van der Waals surface area (Å²) in [5.41, 5.74) is 3.11. The molecule has 1 heterocycles. The molecule has 1 aromatic carbocycles. The molecule has 0 bridgehead atoms. The molecule has 2 unspecified atom stereocenters. The van der Waals surface area contributed by atoms with Gasteiger partial charge in [-0.1, -0.05) is 17.7 Å². The van der Waals surface area contributed by atoms with Gasteiger partial charge in [0.05, 0.1) is 12.6 Å². The molecule has 0 aromatic heterocycles. The summed E-state index contributed by atoms with van der Waals surface area (Å²) in [5.74, 6) is -0.788. The number of likely N-dealkylation sites (N-methyl/N-ethyl adjacent to an activating group) is 1. The minimum atomic E-state index is -0.796. The van der Waals surface area contributed by atoms with Gasteiger partial charge in [0.15, 0.2) is 0 Å². The van der Waals surface area contributed by atoms with Crippen LogP contribution in [-0.2, 0) is 9.59 Å². The van der Waals surface area contributed by atoms with E-state index in [1.165, 1.54) is 5.56 Å². The first kappa shape index (κ1) is 20.4. The number of rotatable bonds is 6. The molecule has 0 radical (unpaired) electrons. The summed E-state index contributed by atoms with van der Waals surface area (Å²) >= 11 is 0. The van der Waals surface area contributed by atoms with Crippen molar-refractivity contribution in [1.29, 1.82) is 0 Å². The van der Waals surface area contributed by atoms with Crippen LogP contribution in [0.2, 0.25) is 0 Å². The molecule has 1 aromatic rings. The van der Waals surface area contributed by atoms with Gasteiger partial charge in [0.25, 0.3) is 0 Å². The molecule has 0 spiro atoms. The molecule has 144 valence electrons. The Morgan fingerprint density at radius 3 is 2.69 bits per heavy atom. The lowest BCUT2D eigenvalue weighted by atomic mass is 10.1. The number of amides is 1. The lowest BCUT2D eigenvalue weighted by Gasteiger charge is -2.28. The summed E-state index contributed by atoms with van der Waals surface area (Å²) in [4.78, 5) is 27.7. The molecule has 26 heavy (non-hydrogen) atoms. The molecule has 0 saturated carbocycles. The minimum absolute atomic E-state index is 0.00861. The van der Waals surface area contributed by atoms with Gasteiger partial charge in [0.1, 0.15) is 0 Å². The van der Waals surface area contributed by atoms with Crippen molar-refractivity contribution in [3.8, 4) is 0 Å². The Hall–Kier alpha value is -1.92. The second kappa shape index (κ2) is 9.14. The molecule has 6 nitrogen and oxygen atoms in total. The highest BCUT2D eigenvalue weighted by atomic mass is 16.4. The van der Waals surface area contributed by atoms with Gasteiger partial charge in [0.2, 0.25) is 5.91 Å². The van der Waals surface area contributed by atoms with E-state index < -0.39 is 5.97 Å². The number of aliphatic carboxylic acids is 1. The van der Waals surface area contributed by atoms with Crippen LogP contribution < -0.4 is 5.32 Å².